The van der Waals surface area contributed by atoms with Gasteiger partial charge >= 0.3 is 0 Å². The van der Waals surface area contributed by atoms with Crippen LogP contribution < -0.4 is 20.5 Å². The highest BCUT2D eigenvalue weighted by molar-refractivity contribution is 5.98. The van der Waals surface area contributed by atoms with Crippen LogP contribution in [-0.2, 0) is 4.79 Å². The van der Waals surface area contributed by atoms with Crippen LogP contribution in [0.15, 0.2) is 18.2 Å². The van der Waals surface area contributed by atoms with Gasteiger partial charge in [-0.25, -0.2) is 0 Å². The third kappa shape index (κ3) is 4.63. The second-order valence-corrected chi connectivity index (χ2v) is 6.63. The summed E-state index contributed by atoms with van der Waals surface area (Å²) in [4.78, 5) is 27.1. The molecule has 1 aromatic carbocycles. The minimum Gasteiger partial charge on any atom is -0.497 e. The van der Waals surface area contributed by atoms with Crippen LogP contribution >= 0.6 is 0 Å². The number of ether oxygens (including phenoxy) is 2. The van der Waals surface area contributed by atoms with Gasteiger partial charge in [0.25, 0.3) is 5.91 Å². The van der Waals surface area contributed by atoms with Crippen LogP contribution in [0.3, 0.4) is 0 Å². The molecule has 2 amide bonds. The summed E-state index contributed by atoms with van der Waals surface area (Å²) in [6, 6.07) is 4.33. The van der Waals surface area contributed by atoms with Crippen molar-refractivity contribution in [2.45, 2.75) is 32.4 Å². The zero-order chi connectivity index (χ0) is 18.6. The topological polar surface area (TPSA) is 93.9 Å². The molecule has 3 N–H and O–H groups in total. The van der Waals surface area contributed by atoms with Crippen LogP contribution in [0.2, 0.25) is 0 Å². The molecule has 138 valence electrons. The van der Waals surface area contributed by atoms with E-state index in [1.807, 2.05) is 13.8 Å². The average molecular weight is 349 g/mol. The first-order valence-corrected chi connectivity index (χ1v) is 8.44. The van der Waals surface area contributed by atoms with Gasteiger partial charge in [-0.1, -0.05) is 13.8 Å². The number of benzene rings is 1. The number of methoxy groups -OCH3 is 2. The summed E-state index contributed by atoms with van der Waals surface area (Å²) >= 11 is 0. The van der Waals surface area contributed by atoms with E-state index in [4.69, 9.17) is 15.2 Å². The largest absolute Gasteiger partial charge is 0.497 e. The van der Waals surface area contributed by atoms with Gasteiger partial charge in [-0.2, -0.15) is 0 Å². The fourth-order valence-electron chi connectivity index (χ4n) is 2.86. The van der Waals surface area contributed by atoms with Gasteiger partial charge in [-0.05, 0) is 24.5 Å². The summed E-state index contributed by atoms with van der Waals surface area (Å²) < 4.78 is 10.4. The summed E-state index contributed by atoms with van der Waals surface area (Å²) in [6.07, 6.45) is 0.789. The third-order valence-electron chi connectivity index (χ3n) is 4.37. The summed E-state index contributed by atoms with van der Waals surface area (Å²) in [5, 5.41) is 2.84. The second kappa shape index (κ2) is 8.20. The zero-order valence-corrected chi connectivity index (χ0v) is 15.2. The monoisotopic (exact) mass is 349 g/mol. The average Bonchev–Trinajstić information content (AvgIpc) is 3.04. The van der Waals surface area contributed by atoms with Gasteiger partial charge in [0.1, 0.15) is 17.5 Å². The lowest BCUT2D eigenvalue weighted by Gasteiger charge is -2.27. The van der Waals surface area contributed by atoms with Crippen molar-refractivity contribution in [1.82, 2.24) is 10.2 Å². The number of nitrogens with zero attached hydrogens (tertiary/aromatic N) is 1. The predicted octanol–water partition coefficient (Wildman–Crippen LogP) is 1.02. The predicted molar refractivity (Wildman–Crippen MR) is 94.8 cm³/mol. The molecule has 0 radical (unpaired) electrons. The molecule has 7 nitrogen and oxygen atoms in total. The molecule has 0 saturated carbocycles. The first-order valence-electron chi connectivity index (χ1n) is 8.44. The van der Waals surface area contributed by atoms with Gasteiger partial charge in [0.2, 0.25) is 5.91 Å². The quantitative estimate of drug-likeness (QED) is 0.800. The Labute approximate surface area is 148 Å². The van der Waals surface area contributed by atoms with Crippen molar-refractivity contribution in [1.29, 1.82) is 0 Å². The first-order chi connectivity index (χ1) is 11.8. The van der Waals surface area contributed by atoms with Crippen molar-refractivity contribution in [2.75, 3.05) is 27.3 Å². The van der Waals surface area contributed by atoms with E-state index in [1.54, 1.807) is 23.1 Å². The van der Waals surface area contributed by atoms with E-state index in [9.17, 15) is 9.59 Å². The Kier molecular flexibility index (Phi) is 6.25. The molecule has 0 spiro atoms. The van der Waals surface area contributed by atoms with E-state index in [0.717, 1.165) is 6.42 Å². The van der Waals surface area contributed by atoms with Crippen molar-refractivity contribution >= 4 is 11.8 Å². The van der Waals surface area contributed by atoms with Crippen molar-refractivity contribution in [3.63, 3.8) is 0 Å². The lowest BCUT2D eigenvalue weighted by molar-refractivity contribution is -0.133. The van der Waals surface area contributed by atoms with Crippen LogP contribution in [-0.4, -0.2) is 56.1 Å². The molecule has 25 heavy (non-hydrogen) atoms. The van der Waals surface area contributed by atoms with Crippen molar-refractivity contribution in [2.24, 2.45) is 11.7 Å². The summed E-state index contributed by atoms with van der Waals surface area (Å²) in [7, 11) is 3.04. The lowest BCUT2D eigenvalue weighted by atomic mass is 10.0. The molecular weight excluding hydrogens is 322 g/mol. The van der Waals surface area contributed by atoms with Crippen molar-refractivity contribution < 1.29 is 19.1 Å². The molecule has 1 aromatic rings. The summed E-state index contributed by atoms with van der Waals surface area (Å²) in [6.45, 7) is 4.98. The number of hydrogen-bond acceptors (Lipinski definition) is 5. The standard InChI is InChI=1S/C18H27N3O4/c1-11(2)16(18(23)21-6-5-13(19)10-21)20-17(22)12-7-14(24-3)9-15(8-12)25-4/h7-9,11,13,16H,5-6,10,19H2,1-4H3,(H,20,22)/t13-,16?/m1/s1. The van der Waals surface area contributed by atoms with Crippen LogP contribution in [0.4, 0.5) is 0 Å². The Morgan fingerprint density at radius 3 is 2.24 bits per heavy atom. The second-order valence-electron chi connectivity index (χ2n) is 6.63. The van der Waals surface area contributed by atoms with Crippen LogP contribution in [0, 0.1) is 5.92 Å². The molecule has 1 fully saturated rings. The van der Waals surface area contributed by atoms with Crippen molar-refractivity contribution in [3.05, 3.63) is 23.8 Å². The molecule has 1 unspecified atom stereocenters. The molecule has 2 rings (SSSR count). The van der Waals surface area contributed by atoms with E-state index >= 15 is 0 Å². The molecule has 7 heteroatoms. The smallest absolute Gasteiger partial charge is 0.252 e. The third-order valence-corrected chi connectivity index (χ3v) is 4.37. The van der Waals surface area contributed by atoms with Gasteiger partial charge in [-0.3, -0.25) is 9.59 Å². The molecular formula is C18H27N3O4. The molecule has 1 aliphatic heterocycles. The number of nitrogens with two attached hydrogens (primary N) is 1. The lowest BCUT2D eigenvalue weighted by Crippen LogP contribution is -2.51. The normalized spacial score (nSPS) is 18.2. The minimum atomic E-state index is -0.602. The van der Waals surface area contributed by atoms with Gasteiger partial charge in [0, 0.05) is 30.8 Å². The van der Waals surface area contributed by atoms with Crippen LogP contribution in [0.5, 0.6) is 11.5 Å². The highest BCUT2D eigenvalue weighted by Gasteiger charge is 2.32. The van der Waals surface area contributed by atoms with Gasteiger partial charge in [-0.15, -0.1) is 0 Å². The van der Waals surface area contributed by atoms with E-state index in [2.05, 4.69) is 5.32 Å². The number of hydrogen-bond donors (Lipinski definition) is 2. The maximum atomic E-state index is 12.8. The molecule has 0 aliphatic carbocycles. The maximum Gasteiger partial charge on any atom is 0.252 e. The molecule has 0 aromatic heterocycles. The Bertz CT molecular complexity index is 610. The van der Waals surface area contributed by atoms with Crippen molar-refractivity contribution in [3.8, 4) is 11.5 Å². The SMILES string of the molecule is COc1cc(OC)cc(C(=O)NC(C(=O)N2CC[C@@H](N)C2)C(C)C)c1. The van der Waals surface area contributed by atoms with Crippen LogP contribution in [0.25, 0.3) is 0 Å². The van der Waals surface area contributed by atoms with Gasteiger partial charge < -0.3 is 25.4 Å². The fraction of sp³-hybridized carbons (Fsp3) is 0.556. The van der Waals surface area contributed by atoms with Gasteiger partial charge in [0.15, 0.2) is 0 Å². The fourth-order valence-corrected chi connectivity index (χ4v) is 2.86. The van der Waals surface area contributed by atoms with E-state index in [1.165, 1.54) is 14.2 Å². The molecule has 1 heterocycles. The summed E-state index contributed by atoms with van der Waals surface area (Å²) in [5.74, 6) is 0.560. The molecule has 0 bridgehead atoms. The molecule has 2 atom stereocenters. The number of rotatable bonds is 6. The number of nitrogens with one attached hydrogen (secondary N) is 1. The number of carbonyl (C=O) groups excluding carboxylic acids is 2. The first kappa shape index (κ1) is 19.1. The Balaban J connectivity index is 2.16. The molecule has 1 aliphatic rings. The number of likely N-dealkylation sites (tertiary alicyclic amines) is 1. The maximum absolute atomic E-state index is 12.8. The number of amides is 2. The van der Waals surface area contributed by atoms with Gasteiger partial charge in [0.05, 0.1) is 14.2 Å². The van der Waals surface area contributed by atoms with E-state index in [-0.39, 0.29) is 23.8 Å². The number of carbonyl (C=O) groups is 2. The minimum absolute atomic E-state index is 0.00936. The van der Waals surface area contributed by atoms with Crippen LogP contribution in [0.1, 0.15) is 30.6 Å². The van der Waals surface area contributed by atoms with E-state index in [0.29, 0.717) is 30.2 Å². The summed E-state index contributed by atoms with van der Waals surface area (Å²) in [5.41, 5.74) is 6.27. The highest BCUT2D eigenvalue weighted by Crippen LogP contribution is 2.23. The Morgan fingerprint density at radius 2 is 1.80 bits per heavy atom. The Morgan fingerprint density at radius 1 is 1.20 bits per heavy atom. The zero-order valence-electron chi connectivity index (χ0n) is 15.2. The highest BCUT2D eigenvalue weighted by atomic mass is 16.5. The Hall–Kier alpha value is -2.28. The molecule has 1 saturated heterocycles. The van der Waals surface area contributed by atoms with E-state index < -0.39 is 6.04 Å².